The minimum absolute atomic E-state index is 0.0555. The summed E-state index contributed by atoms with van der Waals surface area (Å²) in [6.07, 6.45) is 5.73. The van der Waals surface area contributed by atoms with Gasteiger partial charge < -0.3 is 10.2 Å². The summed E-state index contributed by atoms with van der Waals surface area (Å²) in [7, 11) is 0. The van der Waals surface area contributed by atoms with E-state index in [0.717, 1.165) is 24.5 Å². The van der Waals surface area contributed by atoms with E-state index in [1.54, 1.807) is 0 Å². The van der Waals surface area contributed by atoms with Crippen molar-refractivity contribution in [1.29, 1.82) is 0 Å². The van der Waals surface area contributed by atoms with E-state index in [2.05, 4.69) is 15.4 Å². The topological polar surface area (TPSA) is 80.1 Å². The van der Waals surface area contributed by atoms with Crippen LogP contribution in [-0.4, -0.2) is 50.6 Å². The van der Waals surface area contributed by atoms with Gasteiger partial charge in [0.15, 0.2) is 0 Å². The third kappa shape index (κ3) is 3.76. The summed E-state index contributed by atoms with van der Waals surface area (Å²) in [4.78, 5) is 30.8. The molecule has 1 unspecified atom stereocenters. The molecular formula is C17H27N5O2. The zero-order chi connectivity index (χ0) is 17.1. The molecule has 7 heteroatoms. The second kappa shape index (κ2) is 7.32. The number of likely N-dealkylation sites (tertiary alicyclic amines) is 1. The maximum Gasteiger partial charge on any atom is 0.224 e. The first-order chi connectivity index (χ1) is 11.5. The minimum atomic E-state index is -0.0816. The third-order valence-electron chi connectivity index (χ3n) is 5.17. The Kier molecular flexibility index (Phi) is 5.16. The Morgan fingerprint density at radius 3 is 2.67 bits per heavy atom. The molecule has 7 nitrogen and oxygen atoms in total. The van der Waals surface area contributed by atoms with Gasteiger partial charge in [-0.2, -0.15) is 5.10 Å². The monoisotopic (exact) mass is 333 g/mol. The molecule has 2 aliphatic rings. The van der Waals surface area contributed by atoms with Crippen LogP contribution < -0.4 is 5.32 Å². The Morgan fingerprint density at radius 2 is 2.00 bits per heavy atom. The average molecular weight is 333 g/mol. The van der Waals surface area contributed by atoms with Crippen LogP contribution in [0.3, 0.4) is 0 Å². The summed E-state index contributed by atoms with van der Waals surface area (Å²) >= 11 is 0. The minimum Gasteiger partial charge on any atom is -0.354 e. The summed E-state index contributed by atoms with van der Waals surface area (Å²) in [6, 6.07) is 0.355. The molecule has 0 aromatic carbocycles. The molecule has 1 saturated heterocycles. The first-order valence-electron chi connectivity index (χ1n) is 9.00. The van der Waals surface area contributed by atoms with Crippen LogP contribution in [0.1, 0.15) is 50.2 Å². The number of aromatic nitrogens is 3. The molecule has 0 spiro atoms. The van der Waals surface area contributed by atoms with Gasteiger partial charge in [0.25, 0.3) is 0 Å². The largest absolute Gasteiger partial charge is 0.354 e. The lowest BCUT2D eigenvalue weighted by Gasteiger charge is -2.36. The molecule has 3 rings (SSSR count). The van der Waals surface area contributed by atoms with Gasteiger partial charge in [-0.1, -0.05) is 12.8 Å². The van der Waals surface area contributed by atoms with E-state index < -0.39 is 0 Å². The van der Waals surface area contributed by atoms with Crippen LogP contribution in [0.4, 0.5) is 0 Å². The van der Waals surface area contributed by atoms with Crippen LogP contribution in [0.2, 0.25) is 0 Å². The number of nitrogens with zero attached hydrogens (tertiary/aromatic N) is 4. The van der Waals surface area contributed by atoms with Gasteiger partial charge >= 0.3 is 0 Å². The Bertz CT molecular complexity index is 606. The summed E-state index contributed by atoms with van der Waals surface area (Å²) in [5, 5.41) is 7.29. The Balaban J connectivity index is 1.49. The summed E-state index contributed by atoms with van der Waals surface area (Å²) in [6.45, 7) is 5.51. The second-order valence-corrected chi connectivity index (χ2v) is 6.94. The highest BCUT2D eigenvalue weighted by atomic mass is 16.2. The number of aryl methyl sites for hydroxylation is 2. The molecule has 24 heavy (non-hydrogen) atoms. The SMILES string of the molecule is Cc1nc(C)n(CCNC(=O)C2CCC(=O)N(C3CCCC3)C2)n1. The summed E-state index contributed by atoms with van der Waals surface area (Å²) in [5.74, 6) is 1.80. The van der Waals surface area contributed by atoms with Crippen LogP contribution in [0.25, 0.3) is 0 Å². The summed E-state index contributed by atoms with van der Waals surface area (Å²) in [5.41, 5.74) is 0. The van der Waals surface area contributed by atoms with E-state index >= 15 is 0 Å². The van der Waals surface area contributed by atoms with Crippen molar-refractivity contribution < 1.29 is 9.59 Å². The van der Waals surface area contributed by atoms with E-state index in [-0.39, 0.29) is 17.7 Å². The molecule has 132 valence electrons. The van der Waals surface area contributed by atoms with Crippen LogP contribution in [-0.2, 0) is 16.1 Å². The first-order valence-corrected chi connectivity index (χ1v) is 9.00. The fourth-order valence-electron chi connectivity index (χ4n) is 3.86. The van der Waals surface area contributed by atoms with E-state index in [1.165, 1.54) is 12.8 Å². The van der Waals surface area contributed by atoms with Crippen LogP contribution in [0.15, 0.2) is 0 Å². The zero-order valence-corrected chi connectivity index (χ0v) is 14.6. The molecule has 1 N–H and O–H groups in total. The van der Waals surface area contributed by atoms with Gasteiger partial charge in [0, 0.05) is 25.6 Å². The lowest BCUT2D eigenvalue weighted by atomic mass is 9.95. The molecule has 1 atom stereocenters. The first kappa shape index (κ1) is 16.9. The highest BCUT2D eigenvalue weighted by molar-refractivity contribution is 5.84. The third-order valence-corrected chi connectivity index (χ3v) is 5.17. The van der Waals surface area contributed by atoms with E-state index in [4.69, 9.17) is 0 Å². The van der Waals surface area contributed by atoms with E-state index in [1.807, 2.05) is 23.4 Å². The Morgan fingerprint density at radius 1 is 1.25 bits per heavy atom. The van der Waals surface area contributed by atoms with Crippen molar-refractivity contribution in [2.75, 3.05) is 13.1 Å². The van der Waals surface area contributed by atoms with Crippen LogP contribution in [0, 0.1) is 19.8 Å². The zero-order valence-electron chi connectivity index (χ0n) is 14.6. The Hall–Kier alpha value is -1.92. The average Bonchev–Trinajstić information content (AvgIpc) is 3.18. The van der Waals surface area contributed by atoms with Gasteiger partial charge in [0.2, 0.25) is 11.8 Å². The van der Waals surface area contributed by atoms with E-state index in [0.29, 0.717) is 38.5 Å². The van der Waals surface area contributed by atoms with Gasteiger partial charge in [-0.25, -0.2) is 9.67 Å². The van der Waals surface area contributed by atoms with Crippen molar-refractivity contribution in [3.8, 4) is 0 Å². The van der Waals surface area contributed by atoms with Crippen molar-refractivity contribution in [1.82, 2.24) is 25.0 Å². The molecule has 2 heterocycles. The molecule has 0 radical (unpaired) electrons. The number of hydrogen-bond donors (Lipinski definition) is 1. The summed E-state index contributed by atoms with van der Waals surface area (Å²) < 4.78 is 1.81. The lowest BCUT2D eigenvalue weighted by molar-refractivity contribution is -0.140. The fraction of sp³-hybridized carbons (Fsp3) is 0.765. The number of amides is 2. The highest BCUT2D eigenvalue weighted by Gasteiger charge is 2.34. The molecule has 1 aromatic rings. The van der Waals surface area contributed by atoms with Gasteiger partial charge in [0.1, 0.15) is 11.6 Å². The molecule has 2 amide bonds. The van der Waals surface area contributed by atoms with Crippen molar-refractivity contribution >= 4 is 11.8 Å². The fourth-order valence-corrected chi connectivity index (χ4v) is 3.86. The maximum atomic E-state index is 12.5. The predicted molar refractivity (Wildman–Crippen MR) is 89.2 cm³/mol. The smallest absolute Gasteiger partial charge is 0.224 e. The number of nitrogens with one attached hydrogen (secondary N) is 1. The molecule has 1 saturated carbocycles. The predicted octanol–water partition coefficient (Wildman–Crippen LogP) is 1.19. The van der Waals surface area contributed by atoms with Crippen molar-refractivity contribution in [2.24, 2.45) is 5.92 Å². The number of piperidine rings is 1. The van der Waals surface area contributed by atoms with Gasteiger partial charge in [-0.15, -0.1) is 0 Å². The normalized spacial score (nSPS) is 22.2. The number of carbonyl (C=O) groups is 2. The Labute approximate surface area is 142 Å². The molecule has 0 bridgehead atoms. The molecule has 1 aliphatic heterocycles. The lowest BCUT2D eigenvalue weighted by Crippen LogP contribution is -2.49. The van der Waals surface area contributed by atoms with Gasteiger partial charge in [-0.05, 0) is 33.1 Å². The molecule has 1 aromatic heterocycles. The maximum absolute atomic E-state index is 12.5. The molecule has 2 fully saturated rings. The van der Waals surface area contributed by atoms with Crippen LogP contribution >= 0.6 is 0 Å². The number of hydrogen-bond acceptors (Lipinski definition) is 4. The number of carbonyl (C=O) groups excluding carboxylic acids is 2. The molecular weight excluding hydrogens is 306 g/mol. The van der Waals surface area contributed by atoms with E-state index in [9.17, 15) is 9.59 Å². The second-order valence-electron chi connectivity index (χ2n) is 6.94. The van der Waals surface area contributed by atoms with Crippen LogP contribution in [0.5, 0.6) is 0 Å². The standard InChI is InChI=1S/C17H27N5O2/c1-12-19-13(2)22(20-12)10-9-18-17(24)14-7-8-16(23)21(11-14)15-5-3-4-6-15/h14-15H,3-11H2,1-2H3,(H,18,24). The van der Waals surface area contributed by atoms with Crippen molar-refractivity contribution in [3.05, 3.63) is 11.6 Å². The number of rotatable bonds is 5. The van der Waals surface area contributed by atoms with Gasteiger partial charge in [0.05, 0.1) is 12.5 Å². The highest BCUT2D eigenvalue weighted by Crippen LogP contribution is 2.28. The van der Waals surface area contributed by atoms with Gasteiger partial charge in [-0.3, -0.25) is 9.59 Å². The molecule has 1 aliphatic carbocycles. The van der Waals surface area contributed by atoms with Crippen molar-refractivity contribution in [3.63, 3.8) is 0 Å². The van der Waals surface area contributed by atoms with Crippen molar-refractivity contribution in [2.45, 2.75) is 65.0 Å². The quantitative estimate of drug-likeness (QED) is 0.878.